The first kappa shape index (κ1) is 16.4. The van der Waals surface area contributed by atoms with Crippen LogP contribution in [0.4, 0.5) is 0 Å². The summed E-state index contributed by atoms with van der Waals surface area (Å²) in [4.78, 5) is 15.7. The Morgan fingerprint density at radius 3 is 2.00 bits per heavy atom. The van der Waals surface area contributed by atoms with Gasteiger partial charge in [-0.05, 0) is 12.8 Å². The molecule has 0 aliphatic rings. The highest BCUT2D eigenvalue weighted by atomic mass is 16.7. The highest BCUT2D eigenvalue weighted by molar-refractivity contribution is 5.45. The fourth-order valence-corrected chi connectivity index (χ4v) is 1.75. The van der Waals surface area contributed by atoms with Gasteiger partial charge >= 0.3 is 6.41 Å². The van der Waals surface area contributed by atoms with Crippen LogP contribution >= 0.6 is 0 Å². The standard InChI is InChI=1S/C14H28NO2/c1-3-5-6-7-8-9-10-11-13-17-15(14-16)12-4-2/h3-13H2,1-2H3. The third kappa shape index (κ3) is 11.7. The molecule has 17 heavy (non-hydrogen) atoms. The van der Waals surface area contributed by atoms with Gasteiger partial charge in [-0.2, -0.15) is 0 Å². The Kier molecular flexibility index (Phi) is 13.0. The zero-order valence-electron chi connectivity index (χ0n) is 11.5. The zero-order valence-corrected chi connectivity index (χ0v) is 11.5. The van der Waals surface area contributed by atoms with Crippen molar-refractivity contribution in [2.45, 2.75) is 71.6 Å². The van der Waals surface area contributed by atoms with E-state index in [1.165, 1.54) is 50.0 Å². The molecule has 0 aliphatic heterocycles. The molecule has 0 aromatic heterocycles. The quantitative estimate of drug-likeness (QED) is 0.279. The van der Waals surface area contributed by atoms with Crippen LogP contribution in [0.5, 0.6) is 0 Å². The lowest BCUT2D eigenvalue weighted by molar-refractivity contribution is -0.101. The van der Waals surface area contributed by atoms with E-state index in [0.717, 1.165) is 12.8 Å². The number of hydrogen-bond acceptors (Lipinski definition) is 2. The Hall–Kier alpha value is -0.570. The molecule has 0 aliphatic carbocycles. The highest BCUT2D eigenvalue weighted by Crippen LogP contribution is 2.08. The minimum atomic E-state index is 0.639. The van der Waals surface area contributed by atoms with Gasteiger partial charge in [0.2, 0.25) is 0 Å². The van der Waals surface area contributed by atoms with E-state index in [-0.39, 0.29) is 0 Å². The van der Waals surface area contributed by atoms with Gasteiger partial charge in [0.15, 0.2) is 0 Å². The molecule has 0 unspecified atom stereocenters. The molecule has 3 nitrogen and oxygen atoms in total. The molecule has 0 fully saturated rings. The second kappa shape index (κ2) is 13.5. The summed E-state index contributed by atoms with van der Waals surface area (Å²) in [7, 11) is 0. The number of rotatable bonds is 13. The average Bonchev–Trinajstić information content (AvgIpc) is 2.35. The first-order valence-electron chi connectivity index (χ1n) is 7.13. The summed E-state index contributed by atoms with van der Waals surface area (Å²) in [6.07, 6.45) is 13.0. The molecule has 0 spiro atoms. The van der Waals surface area contributed by atoms with Crippen molar-refractivity contribution in [1.82, 2.24) is 5.06 Å². The molecular formula is C14H28NO2. The van der Waals surface area contributed by atoms with Gasteiger partial charge in [0.1, 0.15) is 0 Å². The lowest BCUT2D eigenvalue weighted by atomic mass is 10.1. The Balaban J connectivity index is 3.14. The van der Waals surface area contributed by atoms with Crippen molar-refractivity contribution in [3.63, 3.8) is 0 Å². The van der Waals surface area contributed by atoms with Crippen molar-refractivity contribution in [2.75, 3.05) is 13.2 Å². The van der Waals surface area contributed by atoms with E-state index in [1.807, 2.05) is 6.92 Å². The largest absolute Gasteiger partial charge is 0.337 e. The Bertz CT molecular complexity index is 162. The molecule has 101 valence electrons. The molecule has 0 saturated heterocycles. The Labute approximate surface area is 106 Å². The van der Waals surface area contributed by atoms with Crippen molar-refractivity contribution in [3.05, 3.63) is 0 Å². The van der Waals surface area contributed by atoms with Gasteiger partial charge in [0.05, 0.1) is 6.61 Å². The minimum Gasteiger partial charge on any atom is -0.271 e. The lowest BCUT2D eigenvalue weighted by Gasteiger charge is -2.14. The van der Waals surface area contributed by atoms with E-state index in [2.05, 4.69) is 6.92 Å². The second-order valence-corrected chi connectivity index (χ2v) is 4.50. The first-order valence-corrected chi connectivity index (χ1v) is 7.13. The monoisotopic (exact) mass is 242 g/mol. The maximum absolute atomic E-state index is 10.4. The molecule has 1 radical (unpaired) electrons. The predicted octanol–water partition coefficient (Wildman–Crippen LogP) is 3.84. The smallest absolute Gasteiger partial charge is 0.271 e. The molecule has 0 aromatic rings. The third-order valence-electron chi connectivity index (χ3n) is 2.77. The van der Waals surface area contributed by atoms with Crippen LogP contribution in [0, 0.1) is 0 Å². The summed E-state index contributed by atoms with van der Waals surface area (Å²) in [6.45, 7) is 5.54. The molecule has 0 heterocycles. The molecule has 0 bridgehead atoms. The van der Waals surface area contributed by atoms with Gasteiger partial charge in [-0.15, -0.1) is 0 Å². The lowest BCUT2D eigenvalue weighted by Crippen LogP contribution is -2.23. The van der Waals surface area contributed by atoms with Crippen LogP contribution in [0.15, 0.2) is 0 Å². The number of amides is 1. The Morgan fingerprint density at radius 1 is 0.882 bits per heavy atom. The summed E-state index contributed by atoms with van der Waals surface area (Å²) in [6, 6.07) is 0. The highest BCUT2D eigenvalue weighted by Gasteiger charge is 2.00. The molecule has 0 atom stereocenters. The van der Waals surface area contributed by atoms with Crippen LogP contribution < -0.4 is 0 Å². The third-order valence-corrected chi connectivity index (χ3v) is 2.77. The summed E-state index contributed by atoms with van der Waals surface area (Å²) < 4.78 is 0. The van der Waals surface area contributed by atoms with Gasteiger partial charge in [-0.25, -0.2) is 5.06 Å². The van der Waals surface area contributed by atoms with Gasteiger partial charge in [0.25, 0.3) is 0 Å². The summed E-state index contributed by atoms with van der Waals surface area (Å²) >= 11 is 0. The summed E-state index contributed by atoms with van der Waals surface area (Å²) in [5.74, 6) is 0. The topological polar surface area (TPSA) is 29.5 Å². The van der Waals surface area contributed by atoms with Crippen LogP contribution in [0.3, 0.4) is 0 Å². The van der Waals surface area contributed by atoms with Crippen LogP contribution in [0.1, 0.15) is 71.6 Å². The number of hydroxylamine groups is 2. The van der Waals surface area contributed by atoms with Crippen LogP contribution in [-0.2, 0) is 9.63 Å². The number of nitrogens with zero attached hydrogens (tertiary/aromatic N) is 1. The van der Waals surface area contributed by atoms with E-state index in [4.69, 9.17) is 4.84 Å². The fourth-order valence-electron chi connectivity index (χ4n) is 1.75. The van der Waals surface area contributed by atoms with Crippen LogP contribution in [0.25, 0.3) is 0 Å². The van der Waals surface area contributed by atoms with Gasteiger partial charge in [0, 0.05) is 6.54 Å². The molecule has 0 N–H and O–H groups in total. The van der Waals surface area contributed by atoms with E-state index in [9.17, 15) is 4.79 Å². The van der Waals surface area contributed by atoms with Gasteiger partial charge in [-0.1, -0.05) is 58.8 Å². The molecule has 1 amide bonds. The van der Waals surface area contributed by atoms with Crippen molar-refractivity contribution >= 4 is 6.41 Å². The van der Waals surface area contributed by atoms with Crippen molar-refractivity contribution in [3.8, 4) is 0 Å². The normalized spacial score (nSPS) is 10.5. The van der Waals surface area contributed by atoms with E-state index >= 15 is 0 Å². The maximum Gasteiger partial charge on any atom is 0.337 e. The second-order valence-electron chi connectivity index (χ2n) is 4.50. The van der Waals surface area contributed by atoms with E-state index < -0.39 is 0 Å². The number of carbonyl (C=O) groups excluding carboxylic acids is 1. The molecule has 3 heteroatoms. The summed E-state index contributed by atoms with van der Waals surface area (Å²) in [5, 5.41) is 1.28. The van der Waals surface area contributed by atoms with Crippen molar-refractivity contribution in [2.24, 2.45) is 0 Å². The van der Waals surface area contributed by atoms with Crippen LogP contribution in [0.2, 0.25) is 0 Å². The number of hydrogen-bond donors (Lipinski definition) is 0. The van der Waals surface area contributed by atoms with Gasteiger partial charge in [-0.3, -0.25) is 9.63 Å². The maximum atomic E-state index is 10.4. The minimum absolute atomic E-state index is 0.639. The van der Waals surface area contributed by atoms with Crippen molar-refractivity contribution < 1.29 is 9.63 Å². The fraction of sp³-hybridized carbons (Fsp3) is 0.929. The molecule has 0 rings (SSSR count). The molecular weight excluding hydrogens is 214 g/mol. The SMILES string of the molecule is CCCCCCCCCCON([C]=O)CCC. The van der Waals surface area contributed by atoms with E-state index in [1.54, 1.807) is 6.41 Å². The zero-order chi connectivity index (χ0) is 12.8. The predicted molar refractivity (Wildman–Crippen MR) is 71.3 cm³/mol. The average molecular weight is 242 g/mol. The molecule has 0 aromatic carbocycles. The first-order chi connectivity index (χ1) is 8.35. The Morgan fingerprint density at radius 2 is 1.47 bits per heavy atom. The number of unbranched alkanes of at least 4 members (excludes halogenated alkanes) is 7. The molecule has 0 saturated carbocycles. The van der Waals surface area contributed by atoms with Gasteiger partial charge < -0.3 is 0 Å². The summed E-state index contributed by atoms with van der Waals surface area (Å²) in [5.41, 5.74) is 0. The van der Waals surface area contributed by atoms with E-state index in [0.29, 0.717) is 13.2 Å². The van der Waals surface area contributed by atoms with Crippen molar-refractivity contribution in [1.29, 1.82) is 0 Å². The van der Waals surface area contributed by atoms with Crippen LogP contribution in [-0.4, -0.2) is 24.6 Å².